The molecular formula is C11H15ClN2. The van der Waals surface area contributed by atoms with Gasteiger partial charge in [0.1, 0.15) is 5.69 Å². The van der Waals surface area contributed by atoms with E-state index in [4.69, 9.17) is 0 Å². The summed E-state index contributed by atoms with van der Waals surface area (Å²) in [6, 6.07) is 8.63. The molecule has 0 atom stereocenters. The molecule has 0 unspecified atom stereocenters. The first kappa shape index (κ1) is 11.1. The number of hydrogen-bond acceptors (Lipinski definition) is 0. The Bertz CT molecular complexity index is 426. The van der Waals surface area contributed by atoms with Gasteiger partial charge in [0.25, 0.3) is 0 Å². The summed E-state index contributed by atoms with van der Waals surface area (Å²) >= 11 is 0. The van der Waals surface area contributed by atoms with Gasteiger partial charge in [-0.2, -0.15) is 0 Å². The first-order valence-electron chi connectivity index (χ1n) is 4.46. The first-order chi connectivity index (χ1) is 6.07. The van der Waals surface area contributed by atoms with Crippen LogP contribution >= 0.6 is 0 Å². The average molecular weight is 211 g/mol. The Hall–Kier alpha value is -0.990. The van der Waals surface area contributed by atoms with Gasteiger partial charge >= 0.3 is 0 Å². The van der Waals surface area contributed by atoms with Crippen LogP contribution in [0.3, 0.4) is 0 Å². The van der Waals surface area contributed by atoms with E-state index in [1.807, 2.05) is 6.20 Å². The molecule has 0 amide bonds. The second-order valence-corrected chi connectivity index (χ2v) is 4.26. The molecular weight excluding hydrogens is 196 g/mol. The summed E-state index contributed by atoms with van der Waals surface area (Å²) in [5.41, 5.74) is 2.53. The number of quaternary nitrogens is 1. The van der Waals surface area contributed by atoms with E-state index >= 15 is 0 Å². The third-order valence-corrected chi connectivity index (χ3v) is 2.31. The van der Waals surface area contributed by atoms with Crippen LogP contribution in [0.15, 0.2) is 30.5 Å². The van der Waals surface area contributed by atoms with Crippen LogP contribution in [0.5, 0.6) is 0 Å². The highest BCUT2D eigenvalue weighted by Gasteiger charge is 2.11. The number of nitrogens with one attached hydrogen (secondary N) is 1. The summed E-state index contributed by atoms with van der Waals surface area (Å²) in [5.74, 6) is 0. The van der Waals surface area contributed by atoms with Crippen LogP contribution in [0.2, 0.25) is 0 Å². The van der Waals surface area contributed by atoms with Crippen molar-refractivity contribution in [2.24, 2.45) is 0 Å². The maximum Gasteiger partial charge on any atom is 0.132 e. The van der Waals surface area contributed by atoms with Crippen LogP contribution in [-0.4, -0.2) is 26.1 Å². The van der Waals surface area contributed by atoms with Crippen LogP contribution in [0.4, 0.5) is 5.69 Å². The molecule has 2 aromatic rings. The number of halogens is 1. The highest BCUT2D eigenvalue weighted by Crippen LogP contribution is 2.22. The van der Waals surface area contributed by atoms with Crippen LogP contribution in [0.1, 0.15) is 0 Å². The minimum atomic E-state index is 0. The van der Waals surface area contributed by atoms with E-state index in [2.05, 4.69) is 50.4 Å². The van der Waals surface area contributed by atoms with Crippen molar-refractivity contribution in [3.8, 4) is 0 Å². The van der Waals surface area contributed by atoms with E-state index < -0.39 is 0 Å². The Labute approximate surface area is 90.5 Å². The molecule has 0 aliphatic rings. The summed E-state index contributed by atoms with van der Waals surface area (Å²) in [5, 5.41) is 1.28. The standard InChI is InChI=1S/C11H15N2.ClH/c1-13(2,3)10-4-5-11-9(8-10)6-7-12-11;/h4-8,12H,1-3H3;1H/q+1;/p-1. The lowest BCUT2D eigenvalue weighted by Crippen LogP contribution is -3.00. The van der Waals surface area contributed by atoms with Gasteiger partial charge in [0.2, 0.25) is 0 Å². The fraction of sp³-hybridized carbons (Fsp3) is 0.273. The number of fused-ring (bicyclic) bond motifs is 1. The molecule has 2 rings (SSSR count). The van der Waals surface area contributed by atoms with Gasteiger partial charge in [-0.3, -0.25) is 4.48 Å². The van der Waals surface area contributed by atoms with Crippen molar-refractivity contribution in [3.63, 3.8) is 0 Å². The Morgan fingerprint density at radius 1 is 1.07 bits per heavy atom. The van der Waals surface area contributed by atoms with Crippen molar-refractivity contribution in [2.75, 3.05) is 21.1 Å². The van der Waals surface area contributed by atoms with Crippen LogP contribution < -0.4 is 16.9 Å². The molecule has 1 aromatic heterocycles. The van der Waals surface area contributed by atoms with Gasteiger partial charge in [-0.1, -0.05) is 0 Å². The zero-order valence-corrected chi connectivity index (χ0v) is 9.47. The van der Waals surface area contributed by atoms with Gasteiger partial charge in [0, 0.05) is 29.2 Å². The van der Waals surface area contributed by atoms with E-state index in [1.165, 1.54) is 16.6 Å². The third-order valence-electron chi connectivity index (χ3n) is 2.31. The van der Waals surface area contributed by atoms with Crippen molar-refractivity contribution in [3.05, 3.63) is 30.5 Å². The molecule has 0 spiro atoms. The van der Waals surface area contributed by atoms with E-state index in [-0.39, 0.29) is 12.4 Å². The Morgan fingerprint density at radius 3 is 2.43 bits per heavy atom. The normalized spacial score (nSPS) is 11.4. The Kier molecular flexibility index (Phi) is 2.88. The van der Waals surface area contributed by atoms with Gasteiger partial charge in [-0.25, -0.2) is 0 Å². The topological polar surface area (TPSA) is 15.8 Å². The maximum absolute atomic E-state index is 3.19. The van der Waals surface area contributed by atoms with Crippen LogP contribution in [0, 0.1) is 0 Å². The molecule has 1 N–H and O–H groups in total. The van der Waals surface area contributed by atoms with E-state index in [0.717, 1.165) is 4.48 Å². The van der Waals surface area contributed by atoms with Crippen molar-refractivity contribution in [1.29, 1.82) is 0 Å². The van der Waals surface area contributed by atoms with Gasteiger partial charge in [0.05, 0.1) is 21.1 Å². The number of hydrogen-bond donors (Lipinski definition) is 1. The van der Waals surface area contributed by atoms with Crippen LogP contribution in [0.25, 0.3) is 10.9 Å². The number of rotatable bonds is 1. The summed E-state index contributed by atoms with van der Waals surface area (Å²) in [6.07, 6.45) is 1.98. The second kappa shape index (κ2) is 3.64. The first-order valence-corrected chi connectivity index (χ1v) is 4.46. The van der Waals surface area contributed by atoms with E-state index in [0.29, 0.717) is 0 Å². The van der Waals surface area contributed by atoms with Gasteiger partial charge < -0.3 is 17.4 Å². The lowest BCUT2D eigenvalue weighted by atomic mass is 10.2. The minimum absolute atomic E-state index is 0. The highest BCUT2D eigenvalue weighted by atomic mass is 35.5. The molecule has 3 heteroatoms. The average Bonchev–Trinajstić information content (AvgIpc) is 2.47. The van der Waals surface area contributed by atoms with Crippen molar-refractivity contribution in [1.82, 2.24) is 9.47 Å². The van der Waals surface area contributed by atoms with Crippen molar-refractivity contribution >= 4 is 16.6 Å². The Balaban J connectivity index is 0.000000980. The number of nitrogens with zero attached hydrogens (tertiary/aromatic N) is 1. The molecule has 0 fully saturated rings. The summed E-state index contributed by atoms with van der Waals surface area (Å²) in [4.78, 5) is 3.19. The molecule has 0 saturated heterocycles. The van der Waals surface area contributed by atoms with E-state index in [9.17, 15) is 0 Å². The highest BCUT2D eigenvalue weighted by molar-refractivity contribution is 5.82. The minimum Gasteiger partial charge on any atom is -1.00 e. The maximum atomic E-state index is 3.19. The number of aromatic amines is 1. The number of benzene rings is 1. The predicted molar refractivity (Wildman–Crippen MR) is 57.9 cm³/mol. The molecule has 0 aliphatic carbocycles. The molecule has 76 valence electrons. The molecule has 1 heterocycles. The van der Waals surface area contributed by atoms with Gasteiger partial charge in [-0.05, 0) is 12.1 Å². The van der Waals surface area contributed by atoms with Gasteiger partial charge in [0.15, 0.2) is 0 Å². The van der Waals surface area contributed by atoms with Crippen LogP contribution in [-0.2, 0) is 0 Å². The monoisotopic (exact) mass is 210 g/mol. The third kappa shape index (κ3) is 1.91. The zero-order valence-electron chi connectivity index (χ0n) is 8.71. The summed E-state index contributed by atoms with van der Waals surface area (Å²) in [6.45, 7) is 0. The summed E-state index contributed by atoms with van der Waals surface area (Å²) < 4.78 is 0.862. The predicted octanol–water partition coefficient (Wildman–Crippen LogP) is -0.631. The van der Waals surface area contributed by atoms with E-state index in [1.54, 1.807) is 0 Å². The van der Waals surface area contributed by atoms with Crippen molar-refractivity contribution in [2.45, 2.75) is 0 Å². The lowest BCUT2D eigenvalue weighted by Gasteiger charge is -2.23. The molecule has 0 aliphatic heterocycles. The fourth-order valence-corrected chi connectivity index (χ4v) is 1.46. The quantitative estimate of drug-likeness (QED) is 0.604. The molecule has 0 bridgehead atoms. The molecule has 2 nitrogen and oxygen atoms in total. The molecule has 0 radical (unpaired) electrons. The lowest BCUT2D eigenvalue weighted by molar-refractivity contribution is -0.00000295. The molecule has 14 heavy (non-hydrogen) atoms. The molecule has 1 aromatic carbocycles. The zero-order chi connectivity index (χ0) is 9.47. The molecule has 0 saturated carbocycles. The summed E-state index contributed by atoms with van der Waals surface area (Å²) in [7, 11) is 6.52. The number of aromatic nitrogens is 1. The van der Waals surface area contributed by atoms with Crippen molar-refractivity contribution < 1.29 is 12.4 Å². The fourth-order valence-electron chi connectivity index (χ4n) is 1.46. The van der Waals surface area contributed by atoms with Gasteiger partial charge in [-0.15, -0.1) is 0 Å². The second-order valence-electron chi connectivity index (χ2n) is 4.26. The largest absolute Gasteiger partial charge is 1.00 e. The SMILES string of the molecule is C[N+](C)(C)c1ccc2[nH]ccc2c1.[Cl-]. The Morgan fingerprint density at radius 2 is 1.79 bits per heavy atom. The number of H-pyrrole nitrogens is 1. The smallest absolute Gasteiger partial charge is 0.132 e.